The molecule has 0 bridgehead atoms. The fourth-order valence-electron chi connectivity index (χ4n) is 1.38. The van der Waals surface area contributed by atoms with Gasteiger partial charge in [0, 0.05) is 13.0 Å². The van der Waals surface area contributed by atoms with Crippen molar-refractivity contribution in [2.75, 3.05) is 6.54 Å². The summed E-state index contributed by atoms with van der Waals surface area (Å²) in [5.41, 5.74) is 7.64. The molecule has 0 aliphatic heterocycles. The molecule has 1 amide bonds. The van der Waals surface area contributed by atoms with Crippen LogP contribution in [0.15, 0.2) is 24.3 Å². The molecule has 0 spiro atoms. The molecule has 1 aromatic rings. The van der Waals surface area contributed by atoms with Crippen LogP contribution in [0.5, 0.6) is 0 Å². The van der Waals surface area contributed by atoms with Crippen LogP contribution in [0, 0.1) is 6.92 Å². The summed E-state index contributed by atoms with van der Waals surface area (Å²) in [7, 11) is 0. The van der Waals surface area contributed by atoms with Crippen LogP contribution >= 0.6 is 0 Å². The molecule has 0 heterocycles. The highest BCUT2D eigenvalue weighted by Gasteiger charge is 2.07. The minimum Gasteiger partial charge on any atom is -0.350 e. The monoisotopic (exact) mass is 206 g/mol. The number of nitrogens with one attached hydrogen (secondary N) is 1. The lowest BCUT2D eigenvalue weighted by Crippen LogP contribution is -2.28. The predicted octanol–water partition coefficient (Wildman–Crippen LogP) is 1.52. The summed E-state index contributed by atoms with van der Waals surface area (Å²) in [5, 5.41) is 2.90. The minimum atomic E-state index is 0.00516. The summed E-state index contributed by atoms with van der Waals surface area (Å²) < 4.78 is 0. The third-order valence-corrected chi connectivity index (χ3v) is 2.33. The van der Waals surface area contributed by atoms with Crippen molar-refractivity contribution in [3.8, 4) is 0 Å². The molecule has 0 aliphatic carbocycles. The molecule has 0 fully saturated rings. The van der Waals surface area contributed by atoms with Crippen molar-refractivity contribution in [3.63, 3.8) is 0 Å². The van der Waals surface area contributed by atoms with Gasteiger partial charge in [0.05, 0.1) is 6.04 Å². The van der Waals surface area contributed by atoms with Crippen LogP contribution in [0.3, 0.4) is 0 Å². The molecule has 1 aromatic carbocycles. The number of amides is 1. The third-order valence-electron chi connectivity index (χ3n) is 2.33. The summed E-state index contributed by atoms with van der Waals surface area (Å²) in [5.74, 6) is 0.00516. The maximum absolute atomic E-state index is 11.3. The summed E-state index contributed by atoms with van der Waals surface area (Å²) in [6.07, 6.45) is 0.385. The molecule has 0 saturated carbocycles. The summed E-state index contributed by atoms with van der Waals surface area (Å²) in [6, 6.07) is 8.19. The Morgan fingerprint density at radius 3 is 2.53 bits per heavy atom. The molecule has 15 heavy (non-hydrogen) atoms. The van der Waals surface area contributed by atoms with Gasteiger partial charge in [-0.25, -0.2) is 0 Å². The van der Waals surface area contributed by atoms with Crippen LogP contribution in [0.1, 0.15) is 30.5 Å². The molecule has 3 nitrogen and oxygen atoms in total. The van der Waals surface area contributed by atoms with Crippen LogP contribution in [0.25, 0.3) is 0 Å². The van der Waals surface area contributed by atoms with Gasteiger partial charge in [-0.1, -0.05) is 29.8 Å². The first-order valence-corrected chi connectivity index (χ1v) is 5.19. The SMILES string of the molecule is Cc1ccc(C(C)NC(=O)CCN)cc1. The predicted molar refractivity (Wildman–Crippen MR) is 61.4 cm³/mol. The molecular weight excluding hydrogens is 188 g/mol. The second-order valence-electron chi connectivity index (χ2n) is 3.74. The van der Waals surface area contributed by atoms with Crippen LogP contribution in [0.2, 0.25) is 0 Å². The average molecular weight is 206 g/mol. The lowest BCUT2D eigenvalue weighted by molar-refractivity contribution is -0.121. The Hall–Kier alpha value is -1.35. The van der Waals surface area contributed by atoms with E-state index in [1.54, 1.807) is 0 Å². The number of nitrogens with two attached hydrogens (primary N) is 1. The van der Waals surface area contributed by atoms with Crippen LogP contribution in [-0.2, 0) is 4.79 Å². The maximum Gasteiger partial charge on any atom is 0.221 e. The Morgan fingerprint density at radius 2 is 2.00 bits per heavy atom. The quantitative estimate of drug-likeness (QED) is 0.784. The molecule has 3 N–H and O–H groups in total. The van der Waals surface area contributed by atoms with Crippen molar-refractivity contribution in [1.29, 1.82) is 0 Å². The number of rotatable bonds is 4. The van der Waals surface area contributed by atoms with Crippen molar-refractivity contribution in [2.24, 2.45) is 5.73 Å². The van der Waals surface area contributed by atoms with E-state index < -0.39 is 0 Å². The molecule has 82 valence electrons. The smallest absolute Gasteiger partial charge is 0.221 e. The largest absolute Gasteiger partial charge is 0.350 e. The van der Waals surface area contributed by atoms with Crippen molar-refractivity contribution in [2.45, 2.75) is 26.3 Å². The van der Waals surface area contributed by atoms with Gasteiger partial charge in [0.15, 0.2) is 0 Å². The van der Waals surface area contributed by atoms with E-state index in [9.17, 15) is 4.79 Å². The first-order valence-electron chi connectivity index (χ1n) is 5.19. The van der Waals surface area contributed by atoms with Crippen LogP contribution in [0.4, 0.5) is 0 Å². The number of carbonyl (C=O) groups is 1. The van der Waals surface area contributed by atoms with Gasteiger partial charge in [0.25, 0.3) is 0 Å². The van der Waals surface area contributed by atoms with Crippen molar-refractivity contribution in [3.05, 3.63) is 35.4 Å². The van der Waals surface area contributed by atoms with E-state index in [2.05, 4.69) is 5.32 Å². The first kappa shape index (κ1) is 11.7. The fraction of sp³-hybridized carbons (Fsp3) is 0.417. The van der Waals surface area contributed by atoms with E-state index in [-0.39, 0.29) is 11.9 Å². The zero-order chi connectivity index (χ0) is 11.3. The van der Waals surface area contributed by atoms with Gasteiger partial charge in [-0.15, -0.1) is 0 Å². The molecule has 0 aromatic heterocycles. The zero-order valence-electron chi connectivity index (χ0n) is 9.29. The zero-order valence-corrected chi connectivity index (χ0v) is 9.29. The van der Waals surface area contributed by atoms with Crippen molar-refractivity contribution >= 4 is 5.91 Å². The molecule has 0 aliphatic rings. The number of carbonyl (C=O) groups excluding carboxylic acids is 1. The fourth-order valence-corrected chi connectivity index (χ4v) is 1.38. The Morgan fingerprint density at radius 1 is 1.40 bits per heavy atom. The highest BCUT2D eigenvalue weighted by atomic mass is 16.1. The minimum absolute atomic E-state index is 0.00516. The van der Waals surface area contributed by atoms with Gasteiger partial charge in [-0.3, -0.25) is 4.79 Å². The molecule has 1 unspecified atom stereocenters. The summed E-state index contributed by atoms with van der Waals surface area (Å²) in [6.45, 7) is 4.41. The van der Waals surface area contributed by atoms with E-state index in [1.807, 2.05) is 38.1 Å². The van der Waals surface area contributed by atoms with E-state index in [0.717, 1.165) is 5.56 Å². The van der Waals surface area contributed by atoms with Crippen molar-refractivity contribution < 1.29 is 4.79 Å². The molecule has 0 radical (unpaired) electrons. The second-order valence-corrected chi connectivity index (χ2v) is 3.74. The van der Waals surface area contributed by atoms with Gasteiger partial charge < -0.3 is 11.1 Å². The lowest BCUT2D eigenvalue weighted by Gasteiger charge is -2.14. The Bertz CT molecular complexity index is 319. The normalized spacial score (nSPS) is 12.2. The highest BCUT2D eigenvalue weighted by molar-refractivity contribution is 5.76. The summed E-state index contributed by atoms with van der Waals surface area (Å²) in [4.78, 5) is 11.3. The lowest BCUT2D eigenvalue weighted by atomic mass is 10.1. The van der Waals surface area contributed by atoms with E-state index in [0.29, 0.717) is 13.0 Å². The molecule has 1 atom stereocenters. The standard InChI is InChI=1S/C12H18N2O/c1-9-3-5-11(6-4-9)10(2)14-12(15)7-8-13/h3-6,10H,7-8,13H2,1-2H3,(H,14,15). The van der Waals surface area contributed by atoms with E-state index in [1.165, 1.54) is 5.56 Å². The van der Waals surface area contributed by atoms with Crippen molar-refractivity contribution in [1.82, 2.24) is 5.32 Å². The van der Waals surface area contributed by atoms with E-state index in [4.69, 9.17) is 5.73 Å². The number of hydrogen-bond acceptors (Lipinski definition) is 2. The van der Waals surface area contributed by atoms with Crippen LogP contribution < -0.4 is 11.1 Å². The number of benzene rings is 1. The molecule has 3 heteroatoms. The third kappa shape index (κ3) is 3.72. The van der Waals surface area contributed by atoms with Gasteiger partial charge in [-0.2, -0.15) is 0 Å². The van der Waals surface area contributed by atoms with Gasteiger partial charge in [0.2, 0.25) is 5.91 Å². The van der Waals surface area contributed by atoms with Crippen LogP contribution in [-0.4, -0.2) is 12.5 Å². The topological polar surface area (TPSA) is 55.1 Å². The van der Waals surface area contributed by atoms with Gasteiger partial charge >= 0.3 is 0 Å². The Labute approximate surface area is 90.7 Å². The molecular formula is C12H18N2O. The Balaban J connectivity index is 2.57. The van der Waals surface area contributed by atoms with Gasteiger partial charge in [-0.05, 0) is 19.4 Å². The molecule has 1 rings (SSSR count). The average Bonchev–Trinajstić information content (AvgIpc) is 2.18. The first-order chi connectivity index (χ1) is 7.13. The second kappa shape index (κ2) is 5.51. The highest BCUT2D eigenvalue weighted by Crippen LogP contribution is 2.12. The molecule has 0 saturated heterocycles. The summed E-state index contributed by atoms with van der Waals surface area (Å²) >= 11 is 0. The Kier molecular flexibility index (Phi) is 4.31. The van der Waals surface area contributed by atoms with E-state index >= 15 is 0 Å². The number of aryl methyl sites for hydroxylation is 1. The number of hydrogen-bond donors (Lipinski definition) is 2. The van der Waals surface area contributed by atoms with Gasteiger partial charge in [0.1, 0.15) is 0 Å². The maximum atomic E-state index is 11.3.